The van der Waals surface area contributed by atoms with E-state index in [2.05, 4.69) is 34.3 Å². The highest BCUT2D eigenvalue weighted by atomic mass is 16.6. The topological polar surface area (TPSA) is 78.9 Å². The molecule has 1 fully saturated rings. The van der Waals surface area contributed by atoms with Gasteiger partial charge in [0.15, 0.2) is 0 Å². The van der Waals surface area contributed by atoms with Crippen molar-refractivity contribution in [3.05, 3.63) is 12.7 Å². The summed E-state index contributed by atoms with van der Waals surface area (Å²) in [6.45, 7) is 12.9. The molecule has 1 rings (SSSR count). The minimum atomic E-state index is -1.34. The van der Waals surface area contributed by atoms with Gasteiger partial charge in [0, 0.05) is 6.08 Å². The van der Waals surface area contributed by atoms with Crippen LogP contribution in [0.1, 0.15) is 124 Å². The Morgan fingerprint density at radius 2 is 1.47 bits per heavy atom. The van der Waals surface area contributed by atoms with Crippen molar-refractivity contribution in [1.29, 1.82) is 0 Å². The largest absolute Gasteiger partial charge is 0.465 e. The highest BCUT2D eigenvalue weighted by Crippen LogP contribution is 2.37. The Morgan fingerprint density at radius 1 is 0.889 bits per heavy atom. The van der Waals surface area contributed by atoms with Gasteiger partial charge in [-0.3, -0.25) is 4.79 Å². The first kappa shape index (κ1) is 32.2. The number of ether oxygens (including phenoxy) is 3. The number of esters is 3. The molecule has 0 radical (unpaired) electrons. The Balaban J connectivity index is 2.56. The molecule has 0 aliphatic heterocycles. The van der Waals surface area contributed by atoms with Gasteiger partial charge in [-0.15, -0.1) is 0 Å². The second-order valence-corrected chi connectivity index (χ2v) is 10.8. The van der Waals surface area contributed by atoms with Crippen molar-refractivity contribution in [2.45, 2.75) is 130 Å². The van der Waals surface area contributed by atoms with E-state index < -0.39 is 17.5 Å². The van der Waals surface area contributed by atoms with Gasteiger partial charge in [0.25, 0.3) is 0 Å². The molecule has 6 heteroatoms. The standard InChI is InChI=1S/C30H52O6/c1-6-9-11-12-13-14-16-22-34-29(33)30(36-27(31)8-3)20-18-25(19-21-30)28(32)35-23-26(24(4)5)17-15-10-7-2/h8,24-26H,3,6-7,9-23H2,1-2,4-5H3. The molecule has 0 saturated heterocycles. The maximum Gasteiger partial charge on any atom is 0.350 e. The van der Waals surface area contributed by atoms with Crippen LogP contribution < -0.4 is 0 Å². The molecule has 0 spiro atoms. The number of hydrogen-bond donors (Lipinski definition) is 0. The summed E-state index contributed by atoms with van der Waals surface area (Å²) in [5.74, 6) is -0.838. The Hall–Kier alpha value is -1.85. The third-order valence-electron chi connectivity index (χ3n) is 7.50. The lowest BCUT2D eigenvalue weighted by molar-refractivity contribution is -0.186. The highest BCUT2D eigenvalue weighted by Gasteiger charge is 2.48. The molecule has 0 amide bonds. The van der Waals surface area contributed by atoms with Crippen molar-refractivity contribution in [2.24, 2.45) is 17.8 Å². The van der Waals surface area contributed by atoms with Crippen molar-refractivity contribution in [1.82, 2.24) is 0 Å². The highest BCUT2D eigenvalue weighted by molar-refractivity contribution is 5.88. The maximum absolute atomic E-state index is 13.0. The zero-order valence-electron chi connectivity index (χ0n) is 23.5. The summed E-state index contributed by atoms with van der Waals surface area (Å²) in [7, 11) is 0. The molecule has 0 bridgehead atoms. The van der Waals surface area contributed by atoms with Gasteiger partial charge in [-0.2, -0.15) is 0 Å². The molecule has 0 aromatic heterocycles. The number of rotatable bonds is 19. The number of unbranched alkanes of at least 4 members (excludes halogenated alkanes) is 8. The van der Waals surface area contributed by atoms with E-state index in [1.54, 1.807) is 0 Å². The van der Waals surface area contributed by atoms with Crippen LogP contribution in [0, 0.1) is 17.8 Å². The van der Waals surface area contributed by atoms with Crippen LogP contribution in [-0.2, 0) is 28.6 Å². The number of carbonyl (C=O) groups is 3. The van der Waals surface area contributed by atoms with E-state index in [1.165, 1.54) is 38.5 Å². The van der Waals surface area contributed by atoms with E-state index in [4.69, 9.17) is 14.2 Å². The van der Waals surface area contributed by atoms with Crippen LogP contribution in [0.4, 0.5) is 0 Å². The third-order valence-corrected chi connectivity index (χ3v) is 7.50. The minimum Gasteiger partial charge on any atom is -0.465 e. The van der Waals surface area contributed by atoms with Gasteiger partial charge in [-0.1, -0.05) is 92.1 Å². The molecule has 1 saturated carbocycles. The fraction of sp³-hybridized carbons (Fsp3) is 0.833. The minimum absolute atomic E-state index is 0.212. The third kappa shape index (κ3) is 11.9. The summed E-state index contributed by atoms with van der Waals surface area (Å²) in [4.78, 5) is 37.8. The molecule has 6 nitrogen and oxygen atoms in total. The Morgan fingerprint density at radius 3 is 2.06 bits per heavy atom. The van der Waals surface area contributed by atoms with Crippen molar-refractivity contribution < 1.29 is 28.6 Å². The molecular weight excluding hydrogens is 456 g/mol. The van der Waals surface area contributed by atoms with Crippen LogP contribution >= 0.6 is 0 Å². The van der Waals surface area contributed by atoms with Crippen molar-refractivity contribution in [3.63, 3.8) is 0 Å². The molecule has 0 heterocycles. The molecular formula is C30H52O6. The summed E-state index contributed by atoms with van der Waals surface area (Å²) in [6, 6.07) is 0. The molecule has 1 aliphatic rings. The van der Waals surface area contributed by atoms with Gasteiger partial charge >= 0.3 is 17.9 Å². The average molecular weight is 509 g/mol. The summed E-state index contributed by atoms with van der Waals surface area (Å²) in [5.41, 5.74) is -1.34. The quantitative estimate of drug-likeness (QED) is 0.0786. The fourth-order valence-corrected chi connectivity index (χ4v) is 4.83. The molecule has 0 aromatic rings. The van der Waals surface area contributed by atoms with Crippen molar-refractivity contribution in [2.75, 3.05) is 13.2 Å². The molecule has 1 unspecified atom stereocenters. The van der Waals surface area contributed by atoms with E-state index in [0.29, 0.717) is 37.9 Å². The van der Waals surface area contributed by atoms with Crippen LogP contribution in [0.25, 0.3) is 0 Å². The van der Waals surface area contributed by atoms with Gasteiger partial charge < -0.3 is 14.2 Å². The van der Waals surface area contributed by atoms with E-state index in [-0.39, 0.29) is 24.7 Å². The Kier molecular flexibility index (Phi) is 16.4. The Labute approximate surface area is 219 Å². The first-order chi connectivity index (χ1) is 17.3. The van der Waals surface area contributed by atoms with Crippen molar-refractivity contribution >= 4 is 17.9 Å². The van der Waals surface area contributed by atoms with Gasteiger partial charge in [-0.25, -0.2) is 9.59 Å². The predicted molar refractivity (Wildman–Crippen MR) is 143 cm³/mol. The summed E-state index contributed by atoms with van der Waals surface area (Å²) < 4.78 is 16.8. The van der Waals surface area contributed by atoms with Gasteiger partial charge in [0.2, 0.25) is 5.60 Å². The smallest absolute Gasteiger partial charge is 0.350 e. The maximum atomic E-state index is 13.0. The summed E-state index contributed by atoms with van der Waals surface area (Å²) in [5, 5.41) is 0. The first-order valence-electron chi connectivity index (χ1n) is 14.5. The SMILES string of the molecule is C=CC(=O)OC1(C(=O)OCCCCCCCCC)CCC(C(=O)OCC(CCCCC)C(C)C)CC1. The summed E-state index contributed by atoms with van der Waals surface area (Å²) >= 11 is 0. The fourth-order valence-electron chi connectivity index (χ4n) is 4.83. The average Bonchev–Trinajstić information content (AvgIpc) is 2.87. The first-order valence-corrected chi connectivity index (χ1v) is 14.5. The molecule has 0 N–H and O–H groups in total. The number of hydrogen-bond acceptors (Lipinski definition) is 6. The zero-order valence-corrected chi connectivity index (χ0v) is 23.5. The second-order valence-electron chi connectivity index (χ2n) is 10.8. The lowest BCUT2D eigenvalue weighted by Crippen LogP contribution is -2.48. The van der Waals surface area contributed by atoms with Gasteiger partial charge in [-0.05, 0) is 50.4 Å². The second kappa shape index (κ2) is 18.4. The van der Waals surface area contributed by atoms with Gasteiger partial charge in [0.05, 0.1) is 19.1 Å². The van der Waals surface area contributed by atoms with E-state index >= 15 is 0 Å². The number of carbonyl (C=O) groups excluding carboxylic acids is 3. The molecule has 36 heavy (non-hydrogen) atoms. The lowest BCUT2D eigenvalue weighted by Gasteiger charge is -2.36. The van der Waals surface area contributed by atoms with E-state index in [1.807, 2.05) is 0 Å². The van der Waals surface area contributed by atoms with Crippen LogP contribution in [0.5, 0.6) is 0 Å². The summed E-state index contributed by atoms with van der Waals surface area (Å²) in [6.07, 6.45) is 14.9. The Bertz CT molecular complexity index is 648. The van der Waals surface area contributed by atoms with Gasteiger partial charge in [0.1, 0.15) is 0 Å². The van der Waals surface area contributed by atoms with Crippen LogP contribution in [0.3, 0.4) is 0 Å². The van der Waals surface area contributed by atoms with Crippen molar-refractivity contribution in [3.8, 4) is 0 Å². The monoisotopic (exact) mass is 508 g/mol. The van der Waals surface area contributed by atoms with Crippen LogP contribution in [0.15, 0.2) is 12.7 Å². The zero-order chi connectivity index (χ0) is 26.8. The molecule has 0 aromatic carbocycles. The lowest BCUT2D eigenvalue weighted by atomic mass is 9.78. The van der Waals surface area contributed by atoms with E-state index in [0.717, 1.165) is 38.2 Å². The molecule has 1 aliphatic carbocycles. The molecule has 1 atom stereocenters. The van der Waals surface area contributed by atoms with Crippen LogP contribution in [-0.4, -0.2) is 36.7 Å². The predicted octanol–water partition coefficient (Wildman–Crippen LogP) is 7.33. The van der Waals surface area contributed by atoms with Crippen LogP contribution in [0.2, 0.25) is 0 Å². The normalized spacial score (nSPS) is 20.5. The molecule has 208 valence electrons. The van der Waals surface area contributed by atoms with E-state index in [9.17, 15) is 14.4 Å².